The number of nitrogens with one attached hydrogen (secondary N) is 2. The zero-order valence-electron chi connectivity index (χ0n) is 10.8. The summed E-state index contributed by atoms with van der Waals surface area (Å²) in [5.41, 5.74) is 1.58. The number of hydrogen-bond acceptors (Lipinski definition) is 4. The van der Waals surface area contributed by atoms with E-state index in [0.717, 1.165) is 18.7 Å². The number of rotatable bonds is 6. The smallest absolute Gasteiger partial charge is 0.254 e. The van der Waals surface area contributed by atoms with Crippen molar-refractivity contribution >= 4 is 11.6 Å². The molecule has 0 atom stereocenters. The Balaban J connectivity index is 1.65. The minimum atomic E-state index is -0.0902. The van der Waals surface area contributed by atoms with Crippen LogP contribution in [0.5, 0.6) is 0 Å². The molecule has 2 rings (SSSR count). The van der Waals surface area contributed by atoms with E-state index in [9.17, 15) is 4.79 Å². The molecule has 0 radical (unpaired) electrons. The molecule has 0 aliphatic heterocycles. The first-order chi connectivity index (χ1) is 9.27. The van der Waals surface area contributed by atoms with Crippen LogP contribution in [0.1, 0.15) is 22.5 Å². The molecule has 1 amide bonds. The highest BCUT2D eigenvalue weighted by Crippen LogP contribution is 2.08. The molecule has 0 aliphatic rings. The lowest BCUT2D eigenvalue weighted by atomic mass is 10.2. The zero-order chi connectivity index (χ0) is 13.5. The van der Waals surface area contributed by atoms with Gasteiger partial charge in [-0.05, 0) is 31.5 Å². The van der Waals surface area contributed by atoms with Gasteiger partial charge in [0.2, 0.25) is 0 Å². The largest absolute Gasteiger partial charge is 0.469 e. The molecule has 2 aromatic heterocycles. The third kappa shape index (κ3) is 3.84. The van der Waals surface area contributed by atoms with Gasteiger partial charge in [0.05, 0.1) is 17.5 Å². The number of aryl methyl sites for hydroxylation is 1. The van der Waals surface area contributed by atoms with Gasteiger partial charge in [0.25, 0.3) is 5.91 Å². The van der Waals surface area contributed by atoms with Crippen LogP contribution in [0.3, 0.4) is 0 Å². The fourth-order valence-electron chi connectivity index (χ4n) is 1.71. The van der Waals surface area contributed by atoms with Crippen LogP contribution in [0.15, 0.2) is 41.3 Å². The van der Waals surface area contributed by atoms with E-state index in [4.69, 9.17) is 4.42 Å². The number of nitrogens with zero attached hydrogens (tertiary/aromatic N) is 1. The van der Waals surface area contributed by atoms with Gasteiger partial charge in [-0.3, -0.25) is 9.78 Å². The first-order valence-corrected chi connectivity index (χ1v) is 6.23. The molecule has 100 valence electrons. The summed E-state index contributed by atoms with van der Waals surface area (Å²) in [6.07, 6.45) is 5.87. The Morgan fingerprint density at radius 3 is 2.95 bits per heavy atom. The van der Waals surface area contributed by atoms with Crippen LogP contribution in [-0.2, 0) is 0 Å². The summed E-state index contributed by atoms with van der Waals surface area (Å²) in [7, 11) is 0. The summed E-state index contributed by atoms with van der Waals surface area (Å²) in [6.45, 7) is 3.19. The van der Waals surface area contributed by atoms with Crippen LogP contribution in [0, 0.1) is 6.92 Å². The standard InChI is InChI=1S/C14H17N3O2/c1-11-13(5-9-19-11)14(18)17-8-3-7-16-12-4-2-6-15-10-12/h2,4-6,9-10,16H,3,7-8H2,1H3,(H,17,18). The molecule has 2 N–H and O–H groups in total. The molecule has 0 spiro atoms. The summed E-state index contributed by atoms with van der Waals surface area (Å²) in [5, 5.41) is 6.09. The first kappa shape index (κ1) is 13.1. The van der Waals surface area contributed by atoms with Gasteiger partial charge in [-0.15, -0.1) is 0 Å². The van der Waals surface area contributed by atoms with E-state index in [-0.39, 0.29) is 5.91 Å². The maximum atomic E-state index is 11.8. The molecule has 0 aromatic carbocycles. The Kier molecular flexibility index (Phi) is 4.55. The van der Waals surface area contributed by atoms with E-state index in [0.29, 0.717) is 17.9 Å². The fraction of sp³-hybridized carbons (Fsp3) is 0.286. The minimum Gasteiger partial charge on any atom is -0.469 e. The monoisotopic (exact) mass is 259 g/mol. The molecular weight excluding hydrogens is 242 g/mol. The predicted molar refractivity (Wildman–Crippen MR) is 73.1 cm³/mol. The molecule has 0 fully saturated rings. The van der Waals surface area contributed by atoms with Crippen LogP contribution >= 0.6 is 0 Å². The zero-order valence-corrected chi connectivity index (χ0v) is 10.8. The third-order valence-corrected chi connectivity index (χ3v) is 2.73. The number of hydrogen-bond donors (Lipinski definition) is 2. The minimum absolute atomic E-state index is 0.0902. The van der Waals surface area contributed by atoms with Gasteiger partial charge in [-0.1, -0.05) is 0 Å². The second kappa shape index (κ2) is 6.58. The average molecular weight is 259 g/mol. The molecule has 0 aliphatic carbocycles. The van der Waals surface area contributed by atoms with Crippen molar-refractivity contribution in [1.82, 2.24) is 10.3 Å². The van der Waals surface area contributed by atoms with Crippen molar-refractivity contribution in [3.05, 3.63) is 48.2 Å². The average Bonchev–Trinajstić information content (AvgIpc) is 2.86. The molecule has 5 heteroatoms. The van der Waals surface area contributed by atoms with Crippen molar-refractivity contribution in [2.75, 3.05) is 18.4 Å². The fourth-order valence-corrected chi connectivity index (χ4v) is 1.71. The lowest BCUT2D eigenvalue weighted by molar-refractivity contribution is 0.0952. The van der Waals surface area contributed by atoms with E-state index in [2.05, 4.69) is 15.6 Å². The van der Waals surface area contributed by atoms with Crippen LogP contribution in [-0.4, -0.2) is 24.0 Å². The van der Waals surface area contributed by atoms with Crippen LogP contribution in [0.25, 0.3) is 0 Å². The van der Waals surface area contributed by atoms with E-state index >= 15 is 0 Å². The molecule has 0 bridgehead atoms. The Bertz CT molecular complexity index is 522. The Labute approximate surface area is 112 Å². The van der Waals surface area contributed by atoms with Crippen molar-refractivity contribution in [3.8, 4) is 0 Å². The Morgan fingerprint density at radius 2 is 2.26 bits per heavy atom. The summed E-state index contributed by atoms with van der Waals surface area (Å²) < 4.78 is 5.09. The highest BCUT2D eigenvalue weighted by molar-refractivity contribution is 5.94. The van der Waals surface area contributed by atoms with E-state index in [1.54, 1.807) is 25.4 Å². The third-order valence-electron chi connectivity index (χ3n) is 2.73. The van der Waals surface area contributed by atoms with E-state index in [1.807, 2.05) is 12.1 Å². The van der Waals surface area contributed by atoms with Gasteiger partial charge in [0.15, 0.2) is 0 Å². The number of carbonyl (C=O) groups excluding carboxylic acids is 1. The molecule has 2 heterocycles. The summed E-state index contributed by atoms with van der Waals surface area (Å²) >= 11 is 0. The molecule has 0 unspecified atom stereocenters. The van der Waals surface area contributed by atoms with Gasteiger partial charge in [-0.25, -0.2) is 0 Å². The molecular formula is C14H17N3O2. The van der Waals surface area contributed by atoms with Crippen LogP contribution in [0.2, 0.25) is 0 Å². The van der Waals surface area contributed by atoms with Crippen molar-refractivity contribution < 1.29 is 9.21 Å². The van der Waals surface area contributed by atoms with E-state index in [1.165, 1.54) is 6.26 Å². The van der Waals surface area contributed by atoms with Crippen molar-refractivity contribution in [1.29, 1.82) is 0 Å². The number of amides is 1. The second-order valence-corrected chi connectivity index (χ2v) is 4.17. The van der Waals surface area contributed by atoms with Crippen LogP contribution in [0.4, 0.5) is 5.69 Å². The summed E-state index contributed by atoms with van der Waals surface area (Å²) in [5.74, 6) is 0.554. The van der Waals surface area contributed by atoms with Crippen LogP contribution < -0.4 is 10.6 Å². The number of anilines is 1. The van der Waals surface area contributed by atoms with Gasteiger partial charge in [-0.2, -0.15) is 0 Å². The highest BCUT2D eigenvalue weighted by atomic mass is 16.3. The van der Waals surface area contributed by atoms with Gasteiger partial charge in [0.1, 0.15) is 5.76 Å². The molecule has 0 saturated carbocycles. The first-order valence-electron chi connectivity index (χ1n) is 6.23. The van der Waals surface area contributed by atoms with Gasteiger partial charge in [0, 0.05) is 25.5 Å². The highest BCUT2D eigenvalue weighted by Gasteiger charge is 2.09. The quantitative estimate of drug-likeness (QED) is 0.780. The number of furan rings is 1. The molecule has 5 nitrogen and oxygen atoms in total. The second-order valence-electron chi connectivity index (χ2n) is 4.17. The Hall–Kier alpha value is -2.30. The molecule has 2 aromatic rings. The van der Waals surface area contributed by atoms with Gasteiger partial charge >= 0.3 is 0 Å². The number of aromatic nitrogens is 1. The molecule has 0 saturated heterocycles. The maximum Gasteiger partial charge on any atom is 0.254 e. The Morgan fingerprint density at radius 1 is 1.37 bits per heavy atom. The molecule has 19 heavy (non-hydrogen) atoms. The SMILES string of the molecule is Cc1occc1C(=O)NCCCNc1cccnc1. The summed E-state index contributed by atoms with van der Waals surface area (Å²) in [6, 6.07) is 5.52. The topological polar surface area (TPSA) is 67.2 Å². The van der Waals surface area contributed by atoms with Gasteiger partial charge < -0.3 is 15.1 Å². The van der Waals surface area contributed by atoms with E-state index < -0.39 is 0 Å². The maximum absolute atomic E-state index is 11.8. The normalized spacial score (nSPS) is 10.2. The predicted octanol–water partition coefficient (Wildman–Crippen LogP) is 2.22. The number of carbonyl (C=O) groups is 1. The van der Waals surface area contributed by atoms with Crippen molar-refractivity contribution in [2.24, 2.45) is 0 Å². The summed E-state index contributed by atoms with van der Waals surface area (Å²) in [4.78, 5) is 15.8. The van der Waals surface area contributed by atoms with Crippen molar-refractivity contribution in [3.63, 3.8) is 0 Å². The lowest BCUT2D eigenvalue weighted by Gasteiger charge is -2.06. The number of pyridine rings is 1. The lowest BCUT2D eigenvalue weighted by Crippen LogP contribution is -2.25. The van der Waals surface area contributed by atoms with Crippen molar-refractivity contribution in [2.45, 2.75) is 13.3 Å².